The SMILES string of the molecule is O=P([O-])(O)O.O=P([O-])([O-])O.O=P([O-])([O-])[O-].[Ca+2].[Cl-].[K+].[K+].[Mg+2].[Na+]. The second kappa shape index (κ2) is 29.1. The van der Waals surface area contributed by atoms with E-state index in [-0.39, 0.29) is 206 Å². The number of hydrogen-bond donors (Lipinski definition) is 3. The summed E-state index contributed by atoms with van der Waals surface area (Å²) in [4.78, 5) is 72.9. The molecule has 0 aromatic carbocycles. The molecule has 0 aromatic rings. The summed E-state index contributed by atoms with van der Waals surface area (Å²) >= 11 is 0. The Morgan fingerprint density at radius 1 is 0.714 bits per heavy atom. The van der Waals surface area contributed by atoms with E-state index in [9.17, 15) is 0 Å². The quantitative estimate of drug-likeness (QED) is 0.212. The molecule has 0 aliphatic carbocycles. The molecule has 0 heterocycles. The molecule has 0 rings (SSSR count). The fraction of sp³-hybridized carbons (Fsp3) is 0. The van der Waals surface area contributed by atoms with E-state index < -0.39 is 23.5 Å². The van der Waals surface area contributed by atoms with Crippen LogP contribution in [0.2, 0.25) is 0 Å². The third-order valence-electron chi connectivity index (χ3n) is 0. The number of rotatable bonds is 0. The van der Waals surface area contributed by atoms with Gasteiger partial charge in [0, 0.05) is 0 Å². The van der Waals surface area contributed by atoms with E-state index >= 15 is 0 Å². The van der Waals surface area contributed by atoms with Crippen LogP contribution in [0.4, 0.5) is 0 Å². The smallest absolute Gasteiger partial charge is 1.00 e. The topological polar surface area (TPSA) is 250 Å². The van der Waals surface area contributed by atoms with Crippen LogP contribution >= 0.6 is 23.5 Å². The summed E-state index contributed by atoms with van der Waals surface area (Å²) in [7, 11) is -15.4. The summed E-state index contributed by atoms with van der Waals surface area (Å²) < 4.78 is 26.0. The third-order valence-corrected chi connectivity index (χ3v) is 0. The van der Waals surface area contributed by atoms with Crippen LogP contribution in [0.3, 0.4) is 0 Å². The van der Waals surface area contributed by atoms with Gasteiger partial charge < -0.3 is 65.6 Å². The monoisotopic (exact) mass is 488 g/mol. The Bertz CT molecular complexity index is 229. The first-order valence-electron chi connectivity index (χ1n) is 2.24. The molecule has 0 atom stereocenters. The first kappa shape index (κ1) is 56.5. The van der Waals surface area contributed by atoms with Gasteiger partial charge in [0.2, 0.25) is 0 Å². The van der Waals surface area contributed by atoms with E-state index in [0.29, 0.717) is 0 Å². The fourth-order valence-electron chi connectivity index (χ4n) is 0. The van der Waals surface area contributed by atoms with E-state index in [1.165, 1.54) is 0 Å². The molecule has 104 valence electrons. The van der Waals surface area contributed by atoms with E-state index in [1.807, 2.05) is 0 Å². The molecule has 12 nitrogen and oxygen atoms in total. The van der Waals surface area contributed by atoms with Gasteiger partial charge in [-0.05, 0) is 0 Å². The molecular weight excluding hydrogens is 486 g/mol. The molecular formula is H3CaClK2MgNaO12P3. The van der Waals surface area contributed by atoms with Gasteiger partial charge in [0.15, 0.2) is 0 Å². The van der Waals surface area contributed by atoms with E-state index in [0.717, 1.165) is 0 Å². The van der Waals surface area contributed by atoms with Crippen LogP contribution in [-0.4, -0.2) is 75.5 Å². The summed E-state index contributed by atoms with van der Waals surface area (Å²) in [5.41, 5.74) is 0. The molecule has 0 unspecified atom stereocenters. The van der Waals surface area contributed by atoms with E-state index in [2.05, 4.69) is 0 Å². The Kier molecular flexibility index (Phi) is 78.4. The van der Waals surface area contributed by atoms with Crippen LogP contribution in [0.5, 0.6) is 0 Å². The van der Waals surface area contributed by atoms with Gasteiger partial charge in [0.05, 0.1) is 7.82 Å². The molecule has 0 bridgehead atoms. The van der Waals surface area contributed by atoms with Crippen molar-refractivity contribution in [2.75, 3.05) is 0 Å². The molecule has 0 radical (unpaired) electrons. The Morgan fingerprint density at radius 2 is 0.714 bits per heavy atom. The van der Waals surface area contributed by atoms with Crippen molar-refractivity contribution in [3.8, 4) is 0 Å². The van der Waals surface area contributed by atoms with Crippen LogP contribution in [0.15, 0.2) is 0 Å². The largest absolute Gasteiger partial charge is 2.00 e. The van der Waals surface area contributed by atoms with Crippen LogP contribution in [0, 0.1) is 0 Å². The van der Waals surface area contributed by atoms with Crippen LogP contribution in [0.25, 0.3) is 0 Å². The Hall–Kier alpha value is 6.92. The molecule has 0 saturated heterocycles. The molecule has 3 N–H and O–H groups in total. The van der Waals surface area contributed by atoms with Gasteiger partial charge in [0.25, 0.3) is 7.82 Å². The van der Waals surface area contributed by atoms with Crippen molar-refractivity contribution >= 4 is 84.3 Å². The summed E-state index contributed by atoms with van der Waals surface area (Å²) in [5, 5.41) is 0. The molecule has 0 saturated carbocycles. The summed E-state index contributed by atoms with van der Waals surface area (Å²) in [6.45, 7) is 0. The second-order valence-corrected chi connectivity index (χ2v) is 4.22. The molecule has 21 heavy (non-hydrogen) atoms. The van der Waals surface area contributed by atoms with Crippen LogP contribution in [-0.2, 0) is 13.7 Å². The molecule has 0 spiro atoms. The van der Waals surface area contributed by atoms with Gasteiger partial charge in [-0.25, -0.2) is 0 Å². The van der Waals surface area contributed by atoms with Gasteiger partial charge in [-0.15, -0.1) is 0 Å². The zero-order valence-electron chi connectivity index (χ0n) is 11.1. The fourth-order valence-corrected chi connectivity index (χ4v) is 0. The average molecular weight is 489 g/mol. The Morgan fingerprint density at radius 3 is 0.714 bits per heavy atom. The maximum atomic E-state index is 8.77. The van der Waals surface area contributed by atoms with Gasteiger partial charge >= 0.3 is 193 Å². The van der Waals surface area contributed by atoms with Crippen molar-refractivity contribution in [3.05, 3.63) is 0 Å². The molecule has 0 aliphatic rings. The van der Waals surface area contributed by atoms with Crippen molar-refractivity contribution in [2.45, 2.75) is 0 Å². The molecule has 0 fully saturated rings. The zero-order valence-corrected chi connectivity index (χ0v) is 26.5. The normalized spacial score (nSPS) is 8.43. The average Bonchev–Trinajstić information content (AvgIpc) is 1.41. The Balaban J connectivity index is -0.0000000129. The predicted molar refractivity (Wildman–Crippen MR) is 41.0 cm³/mol. The maximum Gasteiger partial charge on any atom is 2.00 e. The van der Waals surface area contributed by atoms with E-state index in [1.54, 1.807) is 0 Å². The standard InChI is InChI=1S/Ca.ClH.2K.Mg.Na.3H3O4P/c;;;;;;3*1-5(2,3)4/h;1H;;;;;3*(H3,1,2,3,4)/q+2;;2*+1;+2;+1;;;/p-7. The second-order valence-electron chi connectivity index (χ2n) is 1.41. The minimum Gasteiger partial charge on any atom is -1.00 e. The third kappa shape index (κ3) is 349. The molecule has 0 aromatic heterocycles. The van der Waals surface area contributed by atoms with Gasteiger partial charge in [0.1, 0.15) is 0 Å². The molecule has 0 aliphatic heterocycles. The first-order chi connectivity index (χ1) is 6.00. The van der Waals surface area contributed by atoms with Gasteiger partial charge in [-0.1, -0.05) is 0 Å². The van der Waals surface area contributed by atoms with Crippen molar-refractivity contribution in [1.29, 1.82) is 0 Å². The first-order valence-corrected chi connectivity index (χ1v) is 6.73. The van der Waals surface area contributed by atoms with E-state index in [4.69, 9.17) is 57.7 Å². The zero-order chi connectivity index (χ0) is 13.5. The van der Waals surface area contributed by atoms with Gasteiger partial charge in [-0.3, -0.25) is 4.57 Å². The van der Waals surface area contributed by atoms with Crippen molar-refractivity contribution < 1.29 is 202 Å². The minimum atomic E-state index is -5.39. The van der Waals surface area contributed by atoms with Gasteiger partial charge in [-0.2, -0.15) is 7.82 Å². The summed E-state index contributed by atoms with van der Waals surface area (Å²) in [6.07, 6.45) is 0. The summed E-state index contributed by atoms with van der Waals surface area (Å²) in [6, 6.07) is 0. The maximum absolute atomic E-state index is 8.77. The predicted octanol–water partition coefficient (Wildman–Crippen LogP) is -19.3. The van der Waals surface area contributed by atoms with Crippen molar-refractivity contribution in [1.82, 2.24) is 0 Å². The van der Waals surface area contributed by atoms with Crippen LogP contribution in [0.1, 0.15) is 0 Å². The summed E-state index contributed by atoms with van der Waals surface area (Å²) in [5.74, 6) is 0. The number of hydrogen-bond acceptors (Lipinski definition) is 9. The number of halogens is 1. The van der Waals surface area contributed by atoms with Crippen molar-refractivity contribution in [2.24, 2.45) is 0 Å². The Labute approximate surface area is 279 Å². The van der Waals surface area contributed by atoms with Crippen LogP contribution < -0.4 is 174 Å². The van der Waals surface area contributed by atoms with Crippen molar-refractivity contribution in [3.63, 3.8) is 0 Å². The molecule has 0 amide bonds. The minimum absolute atomic E-state index is 0. The number of phosphoric acid groups is 3. The molecule has 21 heteroatoms.